The first-order valence-electron chi connectivity index (χ1n) is 6.20. The van der Waals surface area contributed by atoms with Crippen LogP contribution in [0.5, 0.6) is 5.75 Å². The highest BCUT2D eigenvalue weighted by Crippen LogP contribution is 2.28. The summed E-state index contributed by atoms with van der Waals surface area (Å²) < 4.78 is 5.20. The first-order valence-corrected chi connectivity index (χ1v) is 6.58. The molecule has 0 bridgehead atoms. The van der Waals surface area contributed by atoms with Gasteiger partial charge in [-0.2, -0.15) is 0 Å². The summed E-state index contributed by atoms with van der Waals surface area (Å²) in [6.07, 6.45) is 2.73. The largest absolute Gasteiger partial charge is 0.497 e. The first-order chi connectivity index (χ1) is 10.1. The summed E-state index contributed by atoms with van der Waals surface area (Å²) in [5.74, 6) is 0.162. The minimum atomic E-state index is -0.608. The van der Waals surface area contributed by atoms with E-state index in [1.807, 2.05) is 36.4 Å². The third-order valence-electron chi connectivity index (χ3n) is 2.93. The molecule has 4 nitrogen and oxygen atoms in total. The van der Waals surface area contributed by atoms with Gasteiger partial charge in [0.2, 0.25) is 0 Å². The average Bonchev–Trinajstić information content (AvgIpc) is 2.53. The fraction of sp³-hybridized carbons (Fsp3) is 0.0625. The minimum absolute atomic E-state index is 0.511. The van der Waals surface area contributed by atoms with E-state index in [4.69, 9.17) is 21.5 Å². The van der Waals surface area contributed by atoms with Crippen LogP contribution in [0, 0.1) is 0 Å². The predicted molar refractivity (Wildman–Crippen MR) is 82.4 cm³/mol. The summed E-state index contributed by atoms with van der Waals surface area (Å²) in [7, 11) is 1.62. The van der Waals surface area contributed by atoms with E-state index in [0.717, 1.165) is 16.9 Å². The van der Waals surface area contributed by atoms with Gasteiger partial charge in [0.25, 0.3) is 5.91 Å². The van der Waals surface area contributed by atoms with Gasteiger partial charge in [0.05, 0.1) is 7.11 Å². The van der Waals surface area contributed by atoms with E-state index in [2.05, 4.69) is 0 Å². The number of rotatable bonds is 4. The molecule has 0 heterocycles. The van der Waals surface area contributed by atoms with E-state index in [0.29, 0.717) is 10.6 Å². The van der Waals surface area contributed by atoms with Crippen LogP contribution in [0.3, 0.4) is 0 Å². The number of carbonyl (C=O) groups excluding carboxylic acids is 1. The molecule has 2 N–H and O–H groups in total. The molecule has 2 aromatic rings. The number of benzene rings is 2. The van der Waals surface area contributed by atoms with E-state index in [1.165, 1.54) is 17.6 Å². The van der Waals surface area contributed by atoms with Crippen molar-refractivity contribution < 1.29 is 14.7 Å². The molecule has 2 rings (SSSR count). The summed E-state index contributed by atoms with van der Waals surface area (Å²) in [5.41, 5.74) is 4.14. The molecule has 0 aliphatic carbocycles. The Balaban J connectivity index is 2.30. The minimum Gasteiger partial charge on any atom is -0.497 e. The molecule has 0 saturated heterocycles. The lowest BCUT2D eigenvalue weighted by Gasteiger charge is -2.07. The van der Waals surface area contributed by atoms with Crippen LogP contribution >= 0.6 is 11.6 Å². The topological polar surface area (TPSA) is 58.6 Å². The van der Waals surface area contributed by atoms with Gasteiger partial charge >= 0.3 is 0 Å². The maximum atomic E-state index is 11.0. The highest BCUT2D eigenvalue weighted by atomic mass is 35.5. The van der Waals surface area contributed by atoms with Crippen molar-refractivity contribution in [2.45, 2.75) is 0 Å². The van der Waals surface area contributed by atoms with Gasteiger partial charge in [-0.1, -0.05) is 35.9 Å². The molecule has 0 aliphatic rings. The molecular formula is C16H14ClNO3. The Hall–Kier alpha value is -2.30. The molecule has 0 saturated carbocycles. The Morgan fingerprint density at radius 2 is 2.00 bits per heavy atom. The molecule has 2 aromatic carbocycles. The zero-order chi connectivity index (χ0) is 15.2. The summed E-state index contributed by atoms with van der Waals surface area (Å²) in [4.78, 5) is 11.0. The van der Waals surface area contributed by atoms with Crippen LogP contribution in [0.1, 0.15) is 5.56 Å². The molecular weight excluding hydrogens is 290 g/mol. The number of ether oxygens (including phenoxy) is 1. The lowest BCUT2D eigenvalue weighted by molar-refractivity contribution is -0.124. The second-order valence-corrected chi connectivity index (χ2v) is 4.68. The van der Waals surface area contributed by atoms with Crippen LogP contribution in [-0.4, -0.2) is 18.2 Å². The Morgan fingerprint density at radius 3 is 2.67 bits per heavy atom. The molecule has 21 heavy (non-hydrogen) atoms. The average molecular weight is 304 g/mol. The van der Waals surface area contributed by atoms with Gasteiger partial charge in [0.15, 0.2) is 0 Å². The predicted octanol–water partition coefficient (Wildman–Crippen LogP) is 3.53. The zero-order valence-corrected chi connectivity index (χ0v) is 12.1. The molecule has 5 heteroatoms. The van der Waals surface area contributed by atoms with Crippen LogP contribution in [-0.2, 0) is 4.79 Å². The molecule has 0 unspecified atom stereocenters. The van der Waals surface area contributed by atoms with Gasteiger partial charge in [-0.15, -0.1) is 0 Å². The number of hydroxylamine groups is 1. The molecule has 0 aliphatic heterocycles. The van der Waals surface area contributed by atoms with Gasteiger partial charge in [-0.05, 0) is 41.0 Å². The Kier molecular flexibility index (Phi) is 4.98. The van der Waals surface area contributed by atoms with Crippen molar-refractivity contribution in [1.29, 1.82) is 0 Å². The van der Waals surface area contributed by atoms with E-state index in [9.17, 15) is 4.79 Å². The molecule has 0 fully saturated rings. The number of halogens is 1. The fourth-order valence-corrected chi connectivity index (χ4v) is 2.09. The standard InChI is InChI=1S/C16H14ClNO3/c1-21-14-4-2-3-12(9-14)13-6-5-11(15(17)10-13)7-8-16(19)18-20/h2-10,20H,1H3,(H,18,19)/b8-7+. The van der Waals surface area contributed by atoms with Gasteiger partial charge < -0.3 is 4.74 Å². The quantitative estimate of drug-likeness (QED) is 0.516. The molecule has 0 atom stereocenters. The van der Waals surface area contributed by atoms with Gasteiger partial charge in [-0.3, -0.25) is 10.0 Å². The van der Waals surface area contributed by atoms with Crippen molar-refractivity contribution in [3.8, 4) is 16.9 Å². The van der Waals surface area contributed by atoms with Crippen LogP contribution in [0.4, 0.5) is 0 Å². The second kappa shape index (κ2) is 6.92. The van der Waals surface area contributed by atoms with Crippen molar-refractivity contribution >= 4 is 23.6 Å². The van der Waals surface area contributed by atoms with Gasteiger partial charge in [0.1, 0.15) is 5.75 Å². The second-order valence-electron chi connectivity index (χ2n) is 4.28. The van der Waals surface area contributed by atoms with Crippen LogP contribution < -0.4 is 10.2 Å². The maximum absolute atomic E-state index is 11.0. The van der Waals surface area contributed by atoms with Gasteiger partial charge in [-0.25, -0.2) is 5.48 Å². The highest BCUT2D eigenvalue weighted by molar-refractivity contribution is 6.32. The lowest BCUT2D eigenvalue weighted by atomic mass is 10.0. The SMILES string of the molecule is COc1cccc(-c2ccc(/C=C/C(=O)NO)c(Cl)c2)c1. The molecule has 0 radical (unpaired) electrons. The normalized spacial score (nSPS) is 10.6. The summed E-state index contributed by atoms with van der Waals surface area (Å²) in [6.45, 7) is 0. The molecule has 1 amide bonds. The number of hydrogen-bond acceptors (Lipinski definition) is 3. The lowest BCUT2D eigenvalue weighted by Crippen LogP contribution is -2.14. The number of nitrogens with one attached hydrogen (secondary N) is 1. The number of carbonyl (C=O) groups is 1. The summed E-state index contributed by atoms with van der Waals surface area (Å²) in [5, 5.41) is 8.94. The Morgan fingerprint density at radius 1 is 1.24 bits per heavy atom. The van der Waals surface area contributed by atoms with Crippen molar-refractivity contribution in [1.82, 2.24) is 5.48 Å². The third-order valence-corrected chi connectivity index (χ3v) is 3.26. The third kappa shape index (κ3) is 3.84. The molecule has 0 aromatic heterocycles. The monoisotopic (exact) mass is 303 g/mol. The van der Waals surface area contributed by atoms with Crippen molar-refractivity contribution in [2.75, 3.05) is 7.11 Å². The summed E-state index contributed by atoms with van der Waals surface area (Å²) in [6, 6.07) is 13.2. The molecule has 0 spiro atoms. The highest BCUT2D eigenvalue weighted by Gasteiger charge is 2.03. The van der Waals surface area contributed by atoms with E-state index in [-0.39, 0.29) is 0 Å². The van der Waals surface area contributed by atoms with Crippen LogP contribution in [0.25, 0.3) is 17.2 Å². The van der Waals surface area contributed by atoms with Crippen molar-refractivity contribution in [2.24, 2.45) is 0 Å². The first kappa shape index (κ1) is 15.1. The van der Waals surface area contributed by atoms with Crippen molar-refractivity contribution in [3.05, 3.63) is 59.1 Å². The van der Waals surface area contributed by atoms with Crippen LogP contribution in [0.15, 0.2) is 48.5 Å². The van der Waals surface area contributed by atoms with E-state index < -0.39 is 5.91 Å². The number of amides is 1. The maximum Gasteiger partial charge on any atom is 0.267 e. The van der Waals surface area contributed by atoms with E-state index >= 15 is 0 Å². The summed E-state index contributed by atoms with van der Waals surface area (Å²) >= 11 is 6.20. The zero-order valence-electron chi connectivity index (χ0n) is 11.3. The van der Waals surface area contributed by atoms with Crippen molar-refractivity contribution in [3.63, 3.8) is 0 Å². The number of methoxy groups -OCH3 is 1. The Bertz CT molecular complexity index is 683. The van der Waals surface area contributed by atoms with E-state index in [1.54, 1.807) is 13.2 Å². The smallest absolute Gasteiger partial charge is 0.267 e. The molecule has 108 valence electrons. The fourth-order valence-electron chi connectivity index (χ4n) is 1.85. The van der Waals surface area contributed by atoms with Crippen LogP contribution in [0.2, 0.25) is 5.02 Å². The van der Waals surface area contributed by atoms with Gasteiger partial charge in [0, 0.05) is 11.1 Å². The number of hydrogen-bond donors (Lipinski definition) is 2. The Labute approximate surface area is 127 Å².